The van der Waals surface area contributed by atoms with E-state index < -0.39 is 35.5 Å². The third kappa shape index (κ3) is 2.86. The fourth-order valence-electron chi connectivity index (χ4n) is 7.76. The second-order valence-corrected chi connectivity index (χ2v) is 10.7. The average Bonchev–Trinajstić information content (AvgIpc) is 2.92. The summed E-state index contributed by atoms with van der Waals surface area (Å²) in [6.07, 6.45) is 4.61. The fourth-order valence-corrected chi connectivity index (χ4v) is 7.76. The van der Waals surface area contributed by atoms with E-state index >= 15 is 0 Å². The summed E-state index contributed by atoms with van der Waals surface area (Å²) >= 11 is 0. The molecule has 4 aliphatic rings. The van der Waals surface area contributed by atoms with Crippen LogP contribution in [-0.4, -0.2) is 46.1 Å². The number of fused-ring (bicyclic) bond motifs is 5. The summed E-state index contributed by atoms with van der Waals surface area (Å²) in [5, 5.41) is 23.0. The second-order valence-electron chi connectivity index (χ2n) is 10.7. The molecule has 0 spiro atoms. The lowest BCUT2D eigenvalue weighted by atomic mass is 9.43. The largest absolute Gasteiger partial charge is 0.458 e. The van der Waals surface area contributed by atoms with E-state index in [4.69, 9.17) is 4.74 Å². The molecule has 0 aliphatic heterocycles. The Bertz CT molecular complexity index is 817. The minimum absolute atomic E-state index is 0.0181. The van der Waals surface area contributed by atoms with Gasteiger partial charge in [-0.05, 0) is 67.3 Å². The van der Waals surface area contributed by atoms with Crippen molar-refractivity contribution < 1.29 is 29.3 Å². The van der Waals surface area contributed by atoms with Crippen molar-refractivity contribution in [1.82, 2.24) is 0 Å². The fraction of sp³-hybridized carbons (Fsp3) is 0.792. The number of hydrogen-bond donors (Lipinski definition) is 2. The molecule has 0 heterocycles. The van der Waals surface area contributed by atoms with Crippen LogP contribution in [0.4, 0.5) is 0 Å². The second kappa shape index (κ2) is 6.99. The number of aliphatic hydroxyl groups is 2. The van der Waals surface area contributed by atoms with Crippen molar-refractivity contribution >= 4 is 17.5 Å². The van der Waals surface area contributed by atoms with Crippen molar-refractivity contribution in [2.45, 2.75) is 77.9 Å². The van der Waals surface area contributed by atoms with Crippen LogP contribution >= 0.6 is 0 Å². The normalized spacial score (nSPS) is 47.6. The maximum absolute atomic E-state index is 13.0. The van der Waals surface area contributed by atoms with Gasteiger partial charge in [-0.25, -0.2) is 0 Å². The van der Waals surface area contributed by atoms with Gasteiger partial charge in [0.25, 0.3) is 0 Å². The highest BCUT2D eigenvalue weighted by molar-refractivity contribution is 5.92. The molecule has 0 aromatic rings. The molecule has 2 N–H and O–H groups in total. The van der Waals surface area contributed by atoms with Gasteiger partial charge >= 0.3 is 5.97 Å². The molecule has 6 heteroatoms. The van der Waals surface area contributed by atoms with Crippen LogP contribution in [-0.2, 0) is 19.1 Å². The lowest BCUT2D eigenvalue weighted by molar-refractivity contribution is -0.190. The van der Waals surface area contributed by atoms with E-state index in [0.29, 0.717) is 25.7 Å². The number of Topliss-reactive ketones (excluding diaryl/α,β-unsaturated/α-hetero) is 1. The topological polar surface area (TPSA) is 101 Å². The maximum atomic E-state index is 13.0. The first kappa shape index (κ1) is 21.7. The molecule has 30 heavy (non-hydrogen) atoms. The highest BCUT2D eigenvalue weighted by Gasteiger charge is 2.69. The number of hydrogen-bond acceptors (Lipinski definition) is 6. The highest BCUT2D eigenvalue weighted by Crippen LogP contribution is 2.68. The van der Waals surface area contributed by atoms with Crippen molar-refractivity contribution in [2.24, 2.45) is 34.5 Å². The Hall–Kier alpha value is -1.53. The minimum atomic E-state index is -1.60. The number of ether oxygens (including phenoxy) is 1. The Morgan fingerprint density at radius 1 is 1.27 bits per heavy atom. The summed E-state index contributed by atoms with van der Waals surface area (Å²) in [5.41, 5.74) is -1.41. The summed E-state index contributed by atoms with van der Waals surface area (Å²) < 4.78 is 4.91. The molecule has 0 amide bonds. The van der Waals surface area contributed by atoms with Crippen molar-refractivity contribution in [2.75, 3.05) is 6.61 Å². The van der Waals surface area contributed by atoms with Crippen molar-refractivity contribution in [3.8, 4) is 0 Å². The summed E-state index contributed by atoms with van der Waals surface area (Å²) in [6.45, 7) is 7.11. The Morgan fingerprint density at radius 2 is 1.97 bits per heavy atom. The number of carbonyl (C=O) groups excluding carboxylic acids is 3. The number of carbonyl (C=O) groups is 3. The minimum Gasteiger partial charge on any atom is -0.458 e. The van der Waals surface area contributed by atoms with Crippen LogP contribution in [0.1, 0.15) is 66.2 Å². The van der Waals surface area contributed by atoms with E-state index in [1.165, 1.54) is 6.92 Å². The quantitative estimate of drug-likeness (QED) is 0.683. The standard InChI is InChI=1S/C24H34O6/c1-13-9-15-10-16(26)5-7-22(15,3)21-18(27)11-23(4)17(20(13)21)6-8-24(23,29)19(28)12-30-14(2)25/h10,13,17-18,20-21,27,29H,5-9,11-12H2,1-4H3/t13-,17-,18-,20-,21-,22-,23-,24+/m0/s1. The molecular weight excluding hydrogens is 384 g/mol. The molecule has 3 fully saturated rings. The van der Waals surface area contributed by atoms with Gasteiger partial charge in [0, 0.05) is 18.8 Å². The van der Waals surface area contributed by atoms with Crippen LogP contribution in [0.5, 0.6) is 0 Å². The zero-order valence-corrected chi connectivity index (χ0v) is 18.4. The van der Waals surface area contributed by atoms with Crippen LogP contribution < -0.4 is 0 Å². The van der Waals surface area contributed by atoms with E-state index in [-0.39, 0.29) is 34.9 Å². The molecule has 0 bridgehead atoms. The first-order valence-electron chi connectivity index (χ1n) is 11.2. The van der Waals surface area contributed by atoms with E-state index in [1.807, 2.05) is 13.0 Å². The predicted molar refractivity (Wildman–Crippen MR) is 109 cm³/mol. The maximum Gasteiger partial charge on any atom is 0.303 e. The molecule has 0 aromatic heterocycles. The van der Waals surface area contributed by atoms with E-state index in [9.17, 15) is 24.6 Å². The smallest absolute Gasteiger partial charge is 0.303 e. The lowest BCUT2D eigenvalue weighted by Gasteiger charge is -2.62. The predicted octanol–water partition coefficient (Wildman–Crippen LogP) is 2.60. The summed E-state index contributed by atoms with van der Waals surface area (Å²) in [7, 11) is 0. The summed E-state index contributed by atoms with van der Waals surface area (Å²) in [5.74, 6) is -0.292. The van der Waals surface area contributed by atoms with E-state index in [2.05, 4.69) is 13.8 Å². The SMILES string of the molecule is CC(=O)OCC(=O)[C@]1(O)CC[C@H]2[C@H]3[C@H]([C@@H](O)C[C@@]21C)[C@@]1(C)CCC(=O)C=C1C[C@@H]3C. The Labute approximate surface area is 178 Å². The van der Waals surface area contributed by atoms with Crippen LogP contribution in [0.25, 0.3) is 0 Å². The Morgan fingerprint density at radius 3 is 2.63 bits per heavy atom. The Balaban J connectivity index is 1.70. The van der Waals surface area contributed by atoms with E-state index in [1.54, 1.807) is 0 Å². The molecule has 6 nitrogen and oxygen atoms in total. The Kier molecular flexibility index (Phi) is 5.06. The molecule has 3 saturated carbocycles. The van der Waals surface area contributed by atoms with E-state index in [0.717, 1.165) is 18.4 Å². The number of aliphatic hydroxyl groups excluding tert-OH is 1. The first-order chi connectivity index (χ1) is 13.9. The molecule has 166 valence electrons. The van der Waals surface area contributed by atoms with Gasteiger partial charge in [0.15, 0.2) is 12.4 Å². The van der Waals surface area contributed by atoms with Gasteiger partial charge in [-0.1, -0.05) is 26.3 Å². The zero-order valence-electron chi connectivity index (χ0n) is 18.4. The van der Waals surface area contributed by atoms with Crippen LogP contribution in [0.3, 0.4) is 0 Å². The first-order valence-corrected chi connectivity index (χ1v) is 11.2. The molecule has 0 aromatic carbocycles. The number of ketones is 2. The van der Waals surface area contributed by atoms with Crippen molar-refractivity contribution in [1.29, 1.82) is 0 Å². The van der Waals surface area contributed by atoms with Gasteiger partial charge < -0.3 is 14.9 Å². The summed E-state index contributed by atoms with van der Waals surface area (Å²) in [6, 6.07) is 0. The van der Waals surface area contributed by atoms with Crippen molar-refractivity contribution in [3.05, 3.63) is 11.6 Å². The van der Waals surface area contributed by atoms with Crippen LogP contribution in [0.15, 0.2) is 11.6 Å². The monoisotopic (exact) mass is 418 g/mol. The third-order valence-corrected chi connectivity index (χ3v) is 9.27. The molecule has 4 rings (SSSR count). The molecule has 4 aliphatic carbocycles. The molecule has 0 saturated heterocycles. The third-order valence-electron chi connectivity index (χ3n) is 9.27. The average molecular weight is 419 g/mol. The zero-order chi connectivity index (χ0) is 22.1. The van der Waals surface area contributed by atoms with Gasteiger partial charge in [-0.15, -0.1) is 0 Å². The number of esters is 1. The van der Waals surface area contributed by atoms with Gasteiger partial charge in [0.2, 0.25) is 5.78 Å². The summed E-state index contributed by atoms with van der Waals surface area (Å²) in [4.78, 5) is 36.2. The lowest BCUT2D eigenvalue weighted by Crippen LogP contribution is -2.63. The van der Waals surface area contributed by atoms with Gasteiger partial charge in [0.1, 0.15) is 5.60 Å². The van der Waals surface area contributed by atoms with Crippen LogP contribution in [0.2, 0.25) is 0 Å². The van der Waals surface area contributed by atoms with Gasteiger partial charge in [-0.3, -0.25) is 14.4 Å². The molecule has 0 unspecified atom stereocenters. The number of allylic oxidation sites excluding steroid dienone is 1. The van der Waals surface area contributed by atoms with Gasteiger partial charge in [-0.2, -0.15) is 0 Å². The van der Waals surface area contributed by atoms with Crippen molar-refractivity contribution in [3.63, 3.8) is 0 Å². The van der Waals surface area contributed by atoms with Gasteiger partial charge in [0.05, 0.1) is 6.10 Å². The molecule has 0 radical (unpaired) electrons. The highest BCUT2D eigenvalue weighted by atomic mass is 16.5. The molecule has 8 atom stereocenters. The molecular formula is C24H34O6. The van der Waals surface area contributed by atoms with Crippen LogP contribution in [0, 0.1) is 34.5 Å². The number of rotatable bonds is 3.